The van der Waals surface area contributed by atoms with Crippen molar-refractivity contribution in [3.05, 3.63) is 72.9 Å². The van der Waals surface area contributed by atoms with Crippen molar-refractivity contribution in [1.82, 2.24) is 5.32 Å². The lowest BCUT2D eigenvalue weighted by molar-refractivity contribution is -0.305. The minimum absolute atomic E-state index is 0.119. The second-order valence-electron chi connectivity index (χ2n) is 22.6. The van der Waals surface area contributed by atoms with Crippen LogP contribution in [0.4, 0.5) is 0 Å². The van der Waals surface area contributed by atoms with Gasteiger partial charge in [-0.2, -0.15) is 0 Å². The Bertz CT molecular complexity index is 1560. The van der Waals surface area contributed by atoms with Crippen LogP contribution in [-0.2, 0) is 23.8 Å². The maximum absolute atomic E-state index is 13.4. The predicted molar refractivity (Wildman–Crippen MR) is 329 cm³/mol. The molecule has 1 rings (SSSR count). The molecule has 79 heavy (non-hydrogen) atoms. The van der Waals surface area contributed by atoms with Gasteiger partial charge in [0.15, 0.2) is 12.4 Å². The number of aliphatic hydroxyl groups is 5. The minimum atomic E-state index is -1.62. The Morgan fingerprint density at radius 2 is 0.924 bits per heavy atom. The highest BCUT2D eigenvalue weighted by atomic mass is 16.7. The van der Waals surface area contributed by atoms with Gasteiger partial charge >= 0.3 is 5.97 Å². The average Bonchev–Trinajstić information content (AvgIpc) is 3.49. The predicted octanol–water partition coefficient (Wildman–Crippen LogP) is 16.0. The maximum Gasteiger partial charge on any atom is 0.306 e. The van der Waals surface area contributed by atoms with Gasteiger partial charge in [-0.3, -0.25) is 9.59 Å². The number of carbonyl (C=O) groups excluding carboxylic acids is 2. The minimum Gasteiger partial charge on any atom is -0.454 e. The summed E-state index contributed by atoms with van der Waals surface area (Å²) in [5.74, 6) is -1.22. The van der Waals surface area contributed by atoms with Gasteiger partial charge in [0.2, 0.25) is 5.91 Å². The van der Waals surface area contributed by atoms with E-state index in [1.807, 2.05) is 42.5 Å². The molecule has 1 saturated heterocycles. The Morgan fingerprint density at radius 3 is 1.41 bits per heavy atom. The second kappa shape index (κ2) is 55.6. The molecule has 11 nitrogen and oxygen atoms in total. The molecule has 6 N–H and O–H groups in total. The molecule has 0 aliphatic carbocycles. The van der Waals surface area contributed by atoms with Crippen molar-refractivity contribution < 1.29 is 49.3 Å². The first-order valence-corrected chi connectivity index (χ1v) is 32.8. The van der Waals surface area contributed by atoms with E-state index < -0.39 is 67.4 Å². The Morgan fingerprint density at radius 1 is 0.506 bits per heavy atom. The van der Waals surface area contributed by atoms with Gasteiger partial charge in [-0.1, -0.05) is 280 Å². The van der Waals surface area contributed by atoms with E-state index in [4.69, 9.17) is 14.2 Å². The lowest BCUT2D eigenvalue weighted by Gasteiger charge is -2.41. The molecule has 1 amide bonds. The van der Waals surface area contributed by atoms with Crippen LogP contribution in [0.15, 0.2) is 72.9 Å². The number of allylic oxidation sites excluding steroid dienone is 11. The number of unbranched alkanes of at least 4 members (excludes halogenated alkanes) is 34. The quantitative estimate of drug-likeness (QED) is 0.0149. The monoisotopic (exact) mass is 1110 g/mol. The number of amides is 1. The van der Waals surface area contributed by atoms with E-state index in [0.29, 0.717) is 12.8 Å². The molecule has 0 aromatic carbocycles. The van der Waals surface area contributed by atoms with E-state index in [2.05, 4.69) is 50.4 Å². The molecule has 1 aliphatic rings. The highest BCUT2D eigenvalue weighted by Crippen LogP contribution is 2.26. The number of carbonyl (C=O) groups is 2. The smallest absolute Gasteiger partial charge is 0.306 e. The number of esters is 1. The van der Waals surface area contributed by atoms with Crippen molar-refractivity contribution in [3.63, 3.8) is 0 Å². The third-order valence-electron chi connectivity index (χ3n) is 15.2. The van der Waals surface area contributed by atoms with Crippen molar-refractivity contribution >= 4 is 11.9 Å². The number of ether oxygens (including phenoxy) is 3. The van der Waals surface area contributed by atoms with Crippen LogP contribution in [0.25, 0.3) is 0 Å². The van der Waals surface area contributed by atoms with Gasteiger partial charge in [-0.15, -0.1) is 0 Å². The number of rotatable bonds is 55. The molecule has 0 saturated carbocycles. The standard InChI is InChI=1S/C68H121NO10/c1-4-7-10-13-16-19-22-25-27-28-29-30-31-32-33-34-35-38-41-44-47-50-53-56-63(73)79-66-65(75)64(74)62(57-70)78-68(66)77-58-59(60(71)54-51-48-45-42-39-36-24-21-18-15-12-9-6-3)69-67(76)61(72)55-52-49-46-43-40-37-26-23-20-17-14-11-8-5-2/h8,11,14,17,20,23,25-27,37,51,54,59-62,64-66,68,70-72,74-75H,4-7,9-10,12-13,15-16,18-19,21-22,24,28-36,38-50,52-53,55-58H2,1-3H3,(H,69,76)/b11-8+,17-14+,23-20+,27-25+,37-26-,54-51+. The van der Waals surface area contributed by atoms with Crippen molar-refractivity contribution in [2.24, 2.45) is 0 Å². The van der Waals surface area contributed by atoms with Gasteiger partial charge in [-0.05, 0) is 70.6 Å². The lowest BCUT2D eigenvalue weighted by Crippen LogP contribution is -2.61. The molecule has 8 atom stereocenters. The van der Waals surface area contributed by atoms with E-state index in [1.165, 1.54) is 167 Å². The molecule has 0 bridgehead atoms. The van der Waals surface area contributed by atoms with Gasteiger partial charge in [0.05, 0.1) is 25.4 Å². The summed E-state index contributed by atoms with van der Waals surface area (Å²) in [5.41, 5.74) is 0. The summed E-state index contributed by atoms with van der Waals surface area (Å²) >= 11 is 0. The zero-order chi connectivity index (χ0) is 57.5. The summed E-state index contributed by atoms with van der Waals surface area (Å²) in [4.78, 5) is 26.6. The van der Waals surface area contributed by atoms with Gasteiger partial charge < -0.3 is 45.1 Å². The molecule has 0 aromatic rings. The van der Waals surface area contributed by atoms with Gasteiger partial charge in [0.1, 0.15) is 24.4 Å². The molecular weight excluding hydrogens is 991 g/mol. The SMILES string of the molecule is CC/C=C/C=C/C=C/C=C\CCCCCCC(O)C(=O)NC(COC1OC(CO)C(O)C(O)C1OC(=O)CCCCCCCCCCCCCCC/C=C/CCCCCCCC)C(O)/C=C/CCCCCCCCCCCCC. The maximum atomic E-state index is 13.4. The van der Waals surface area contributed by atoms with Crippen LogP contribution < -0.4 is 5.32 Å². The summed E-state index contributed by atoms with van der Waals surface area (Å²) in [6, 6.07) is -1.04. The summed E-state index contributed by atoms with van der Waals surface area (Å²) in [6.07, 6.45) is 60.9. The highest BCUT2D eigenvalue weighted by molar-refractivity contribution is 5.80. The number of hydrogen-bond donors (Lipinski definition) is 6. The van der Waals surface area contributed by atoms with Crippen LogP contribution in [0.2, 0.25) is 0 Å². The molecule has 0 radical (unpaired) electrons. The first-order valence-electron chi connectivity index (χ1n) is 32.8. The Labute approximate surface area is 483 Å². The number of aliphatic hydroxyl groups excluding tert-OH is 5. The van der Waals surface area contributed by atoms with Crippen LogP contribution in [0.3, 0.4) is 0 Å². The fourth-order valence-corrected chi connectivity index (χ4v) is 10.0. The summed E-state index contributed by atoms with van der Waals surface area (Å²) < 4.78 is 17.6. The van der Waals surface area contributed by atoms with Crippen LogP contribution in [-0.4, -0.2) is 99.6 Å². The molecule has 0 aromatic heterocycles. The van der Waals surface area contributed by atoms with E-state index in [1.54, 1.807) is 6.08 Å². The number of nitrogens with one attached hydrogen (secondary N) is 1. The Hall–Kier alpha value is -2.90. The van der Waals surface area contributed by atoms with Gasteiger partial charge in [-0.25, -0.2) is 0 Å². The number of hydrogen-bond acceptors (Lipinski definition) is 10. The van der Waals surface area contributed by atoms with Crippen LogP contribution in [0.5, 0.6) is 0 Å². The molecule has 11 heteroatoms. The van der Waals surface area contributed by atoms with E-state index >= 15 is 0 Å². The molecule has 1 heterocycles. The largest absolute Gasteiger partial charge is 0.454 e. The lowest BCUT2D eigenvalue weighted by atomic mass is 9.99. The topological polar surface area (TPSA) is 175 Å². The van der Waals surface area contributed by atoms with Crippen LogP contribution in [0.1, 0.15) is 284 Å². The second-order valence-corrected chi connectivity index (χ2v) is 22.6. The van der Waals surface area contributed by atoms with Crippen LogP contribution in [0, 0.1) is 0 Å². The normalized spacial score (nSPS) is 19.3. The molecule has 8 unspecified atom stereocenters. The summed E-state index contributed by atoms with van der Waals surface area (Å²) in [6.45, 7) is 5.65. The molecule has 1 fully saturated rings. The fraction of sp³-hybridized carbons (Fsp3) is 0.794. The van der Waals surface area contributed by atoms with Crippen molar-refractivity contribution in [2.45, 2.75) is 333 Å². The van der Waals surface area contributed by atoms with E-state index in [0.717, 1.165) is 70.6 Å². The summed E-state index contributed by atoms with van der Waals surface area (Å²) in [5, 5.41) is 57.0. The molecule has 1 aliphatic heterocycles. The van der Waals surface area contributed by atoms with Gasteiger partial charge in [0.25, 0.3) is 0 Å². The summed E-state index contributed by atoms with van der Waals surface area (Å²) in [7, 11) is 0. The van der Waals surface area contributed by atoms with Crippen molar-refractivity contribution in [2.75, 3.05) is 13.2 Å². The average molecular weight is 1110 g/mol. The Balaban J connectivity index is 2.63. The van der Waals surface area contributed by atoms with E-state index in [9.17, 15) is 35.1 Å². The molecule has 0 spiro atoms. The van der Waals surface area contributed by atoms with Crippen LogP contribution >= 0.6 is 0 Å². The van der Waals surface area contributed by atoms with Crippen molar-refractivity contribution in [1.29, 1.82) is 0 Å². The fourth-order valence-electron chi connectivity index (χ4n) is 10.0. The highest BCUT2D eigenvalue weighted by Gasteiger charge is 2.47. The first kappa shape index (κ1) is 74.1. The third kappa shape index (κ3) is 43.5. The Kier molecular flexibility index (Phi) is 52.2. The van der Waals surface area contributed by atoms with E-state index in [-0.39, 0.29) is 19.4 Å². The zero-order valence-corrected chi connectivity index (χ0v) is 50.7. The first-order chi connectivity index (χ1) is 38.7. The van der Waals surface area contributed by atoms with Crippen molar-refractivity contribution in [3.8, 4) is 0 Å². The third-order valence-corrected chi connectivity index (χ3v) is 15.2. The zero-order valence-electron chi connectivity index (χ0n) is 50.7. The molecular formula is C68H121NO10. The van der Waals surface area contributed by atoms with Gasteiger partial charge in [0, 0.05) is 6.42 Å². The molecule has 458 valence electrons.